The van der Waals surface area contributed by atoms with E-state index in [2.05, 4.69) is 10.8 Å². The number of anilines is 1. The number of nitriles is 1. The zero-order chi connectivity index (χ0) is 28.6. The fourth-order valence-electron chi connectivity index (χ4n) is 4.05. The van der Waals surface area contributed by atoms with Crippen LogP contribution in [0.15, 0.2) is 48.5 Å². The fourth-order valence-corrected chi connectivity index (χ4v) is 4.73. The highest BCUT2D eigenvalue weighted by molar-refractivity contribution is 7.92. The van der Waals surface area contributed by atoms with Gasteiger partial charge in [-0.2, -0.15) is 5.26 Å². The molecule has 0 bridgehead atoms. The van der Waals surface area contributed by atoms with Gasteiger partial charge in [-0.05, 0) is 69.2 Å². The molecule has 2 aromatic carbocycles. The van der Waals surface area contributed by atoms with E-state index in [4.69, 9.17) is 14.7 Å². The summed E-state index contributed by atoms with van der Waals surface area (Å²) in [6.45, 7) is 8.08. The molecule has 1 aliphatic rings. The van der Waals surface area contributed by atoms with Crippen LogP contribution in [-0.4, -0.2) is 61.2 Å². The number of ether oxygens (including phenoxy) is 2. The second-order valence-corrected chi connectivity index (χ2v) is 12.5. The molecule has 210 valence electrons. The lowest BCUT2D eigenvalue weighted by Crippen LogP contribution is -2.44. The van der Waals surface area contributed by atoms with Gasteiger partial charge >= 0.3 is 6.09 Å². The topological polar surface area (TPSA) is 129 Å². The molecule has 10 heteroatoms. The predicted octanol–water partition coefficient (Wildman–Crippen LogP) is 4.71. The Bertz CT molecular complexity index is 1320. The van der Waals surface area contributed by atoms with E-state index in [0.717, 1.165) is 5.56 Å². The van der Waals surface area contributed by atoms with Crippen molar-refractivity contribution < 1.29 is 27.8 Å². The summed E-state index contributed by atoms with van der Waals surface area (Å²) in [5.74, 6) is 0.469. The van der Waals surface area contributed by atoms with E-state index in [1.54, 1.807) is 60.4 Å². The molecule has 0 aromatic heterocycles. The lowest BCUT2D eigenvalue weighted by molar-refractivity contribution is 0.0126. The quantitative estimate of drug-likeness (QED) is 0.458. The Morgan fingerprint density at radius 3 is 2.59 bits per heavy atom. The van der Waals surface area contributed by atoms with Crippen molar-refractivity contribution in [1.29, 1.82) is 5.26 Å². The Labute approximate surface area is 231 Å². The summed E-state index contributed by atoms with van der Waals surface area (Å²) in [5.41, 5.74) is 1.70. The van der Waals surface area contributed by atoms with Crippen molar-refractivity contribution >= 4 is 27.9 Å². The SMILES string of the molecule is CCS(=O)(=O)Nc1ccc(OC2CCN(C(=O)OC(C)(C)C)CC2)cc1CC(O)/C=C/c1cccc(C#N)c1. The molecule has 1 aliphatic heterocycles. The van der Waals surface area contributed by atoms with Crippen LogP contribution in [0.2, 0.25) is 0 Å². The number of nitrogens with one attached hydrogen (secondary N) is 1. The van der Waals surface area contributed by atoms with Gasteiger partial charge in [-0.1, -0.05) is 24.3 Å². The number of hydrogen-bond donors (Lipinski definition) is 2. The van der Waals surface area contributed by atoms with Gasteiger partial charge in [0.15, 0.2) is 0 Å². The normalized spacial score (nSPS) is 15.5. The van der Waals surface area contributed by atoms with Crippen LogP contribution in [-0.2, 0) is 21.2 Å². The lowest BCUT2D eigenvalue weighted by atomic mass is 10.0. The summed E-state index contributed by atoms with van der Waals surface area (Å²) in [6.07, 6.45) is 3.37. The second-order valence-electron chi connectivity index (χ2n) is 10.5. The van der Waals surface area contributed by atoms with Crippen molar-refractivity contribution in [3.05, 3.63) is 65.2 Å². The van der Waals surface area contributed by atoms with Crippen LogP contribution in [0.4, 0.5) is 10.5 Å². The van der Waals surface area contributed by atoms with Gasteiger partial charge in [0, 0.05) is 32.4 Å². The Kier molecular flexibility index (Phi) is 10.0. The van der Waals surface area contributed by atoms with E-state index >= 15 is 0 Å². The van der Waals surface area contributed by atoms with E-state index in [9.17, 15) is 18.3 Å². The van der Waals surface area contributed by atoms with Gasteiger partial charge in [0.2, 0.25) is 10.0 Å². The Morgan fingerprint density at radius 2 is 1.95 bits per heavy atom. The first-order valence-corrected chi connectivity index (χ1v) is 14.7. The molecule has 1 fully saturated rings. The van der Waals surface area contributed by atoms with Gasteiger partial charge < -0.3 is 19.5 Å². The first kappa shape index (κ1) is 30.0. The first-order valence-electron chi connectivity index (χ1n) is 13.0. The summed E-state index contributed by atoms with van der Waals surface area (Å²) in [4.78, 5) is 14.0. The van der Waals surface area contributed by atoms with Crippen LogP contribution in [0.25, 0.3) is 6.08 Å². The van der Waals surface area contributed by atoms with Crippen molar-refractivity contribution in [1.82, 2.24) is 4.90 Å². The number of likely N-dealkylation sites (tertiary alicyclic amines) is 1. The van der Waals surface area contributed by atoms with Crippen LogP contribution in [0.1, 0.15) is 57.2 Å². The summed E-state index contributed by atoms with van der Waals surface area (Å²) in [6, 6.07) is 14.2. The zero-order valence-electron chi connectivity index (χ0n) is 22.9. The third kappa shape index (κ3) is 9.61. The Balaban J connectivity index is 1.71. The number of hydrogen-bond acceptors (Lipinski definition) is 7. The summed E-state index contributed by atoms with van der Waals surface area (Å²) >= 11 is 0. The van der Waals surface area contributed by atoms with Gasteiger partial charge in [-0.3, -0.25) is 4.72 Å². The van der Waals surface area contributed by atoms with Crippen molar-refractivity contribution in [3.63, 3.8) is 0 Å². The molecule has 3 rings (SSSR count). The number of aliphatic hydroxyl groups is 1. The molecule has 39 heavy (non-hydrogen) atoms. The van der Waals surface area contributed by atoms with Gasteiger partial charge in [-0.25, -0.2) is 13.2 Å². The monoisotopic (exact) mass is 555 g/mol. The summed E-state index contributed by atoms with van der Waals surface area (Å²) in [7, 11) is -3.53. The first-order chi connectivity index (χ1) is 18.4. The molecular weight excluding hydrogens is 518 g/mol. The molecular formula is C29H37N3O6S. The minimum absolute atomic E-state index is 0.0847. The second kappa shape index (κ2) is 13.0. The maximum absolute atomic E-state index is 12.3. The number of aliphatic hydroxyl groups excluding tert-OH is 1. The number of nitrogens with zero attached hydrogens (tertiary/aromatic N) is 2. The van der Waals surface area contributed by atoms with Crippen LogP contribution < -0.4 is 9.46 Å². The standard InChI is InChI=1S/C29H37N3O6S/c1-5-39(35,36)31-27-12-11-26(37-25-13-15-32(16-14-25)28(34)38-29(2,3)4)19-23(27)18-24(33)10-9-21-7-6-8-22(17-21)20-30/h6-12,17,19,24-25,31,33H,5,13-16,18H2,1-4H3/b10-9+. The van der Waals surface area contributed by atoms with Crippen LogP contribution in [0.3, 0.4) is 0 Å². The molecule has 2 N–H and O–H groups in total. The van der Waals surface area contributed by atoms with E-state index in [0.29, 0.717) is 48.5 Å². The number of carbonyl (C=O) groups is 1. The molecule has 1 heterocycles. The third-order valence-electron chi connectivity index (χ3n) is 6.07. The Hall–Kier alpha value is -3.55. The average molecular weight is 556 g/mol. The smallest absolute Gasteiger partial charge is 0.410 e. The molecule has 1 saturated heterocycles. The van der Waals surface area contributed by atoms with Gasteiger partial charge in [0.1, 0.15) is 17.5 Å². The zero-order valence-corrected chi connectivity index (χ0v) is 23.7. The molecule has 0 saturated carbocycles. The van der Waals surface area contributed by atoms with Crippen LogP contribution in [0.5, 0.6) is 5.75 Å². The van der Waals surface area contributed by atoms with Gasteiger partial charge in [0.25, 0.3) is 0 Å². The predicted molar refractivity (Wildman–Crippen MR) is 151 cm³/mol. The summed E-state index contributed by atoms with van der Waals surface area (Å²) < 4.78 is 38.8. The number of piperidine rings is 1. The maximum Gasteiger partial charge on any atom is 0.410 e. The van der Waals surface area contributed by atoms with E-state index in [1.807, 2.05) is 26.8 Å². The third-order valence-corrected chi connectivity index (χ3v) is 7.37. The lowest BCUT2D eigenvalue weighted by Gasteiger charge is -2.33. The molecule has 2 aromatic rings. The molecule has 0 spiro atoms. The summed E-state index contributed by atoms with van der Waals surface area (Å²) in [5, 5.41) is 19.8. The van der Waals surface area contributed by atoms with E-state index < -0.39 is 21.7 Å². The molecule has 1 unspecified atom stereocenters. The fraction of sp³-hybridized carbons (Fsp3) is 0.448. The molecule has 1 amide bonds. The maximum atomic E-state index is 12.3. The molecule has 9 nitrogen and oxygen atoms in total. The molecule has 0 radical (unpaired) electrons. The van der Waals surface area contributed by atoms with Gasteiger partial charge in [0.05, 0.1) is 29.2 Å². The Morgan fingerprint density at radius 1 is 1.23 bits per heavy atom. The van der Waals surface area contributed by atoms with Crippen molar-refractivity contribution in [2.45, 2.75) is 64.8 Å². The highest BCUT2D eigenvalue weighted by Gasteiger charge is 2.28. The molecule has 0 aliphatic carbocycles. The molecule has 1 atom stereocenters. The number of carbonyl (C=O) groups excluding carboxylic acids is 1. The number of rotatable bonds is 9. The van der Waals surface area contributed by atoms with Crippen LogP contribution in [0, 0.1) is 11.3 Å². The number of sulfonamides is 1. The largest absolute Gasteiger partial charge is 0.490 e. The van der Waals surface area contributed by atoms with Crippen LogP contribution >= 0.6 is 0 Å². The van der Waals surface area contributed by atoms with E-state index in [-0.39, 0.29) is 24.4 Å². The van der Waals surface area contributed by atoms with Gasteiger partial charge in [-0.15, -0.1) is 0 Å². The number of benzene rings is 2. The van der Waals surface area contributed by atoms with E-state index in [1.165, 1.54) is 0 Å². The minimum Gasteiger partial charge on any atom is -0.490 e. The van der Waals surface area contributed by atoms with Crippen molar-refractivity contribution in [2.24, 2.45) is 0 Å². The minimum atomic E-state index is -3.53. The van der Waals surface area contributed by atoms with Crippen molar-refractivity contribution in [3.8, 4) is 11.8 Å². The number of amides is 1. The highest BCUT2D eigenvalue weighted by atomic mass is 32.2. The van der Waals surface area contributed by atoms with Crippen molar-refractivity contribution in [2.75, 3.05) is 23.6 Å². The average Bonchev–Trinajstić information content (AvgIpc) is 2.88. The highest BCUT2D eigenvalue weighted by Crippen LogP contribution is 2.28.